The number of rotatable bonds is 1. The monoisotopic (exact) mass is 250 g/mol. The molecule has 2 aromatic carbocycles. The molecule has 19 heavy (non-hydrogen) atoms. The van der Waals surface area contributed by atoms with Crippen molar-refractivity contribution in [2.24, 2.45) is 0 Å². The highest BCUT2D eigenvalue weighted by molar-refractivity contribution is 5.76. The largest absolute Gasteiger partial charge is 0.389 e. The third-order valence-electron chi connectivity index (χ3n) is 3.76. The van der Waals surface area contributed by atoms with Crippen molar-refractivity contribution in [1.29, 1.82) is 0 Å². The predicted molar refractivity (Wildman–Crippen MR) is 80.0 cm³/mol. The molecule has 1 nitrogen and oxygen atoms in total. The first-order valence-electron chi connectivity index (χ1n) is 6.66. The Balaban J connectivity index is 2.31. The molecule has 3 rings (SSSR count). The fourth-order valence-electron chi connectivity index (χ4n) is 2.96. The van der Waals surface area contributed by atoms with Crippen molar-refractivity contribution >= 4 is 12.2 Å². The van der Waals surface area contributed by atoms with E-state index in [9.17, 15) is 5.11 Å². The van der Waals surface area contributed by atoms with E-state index in [0.717, 1.165) is 0 Å². The van der Waals surface area contributed by atoms with Crippen LogP contribution in [0.25, 0.3) is 12.2 Å². The van der Waals surface area contributed by atoms with E-state index in [1.165, 1.54) is 22.3 Å². The molecular formula is C18H18O. The third-order valence-corrected chi connectivity index (χ3v) is 3.76. The molecule has 1 aliphatic rings. The van der Waals surface area contributed by atoms with E-state index in [1.807, 2.05) is 38.1 Å². The van der Waals surface area contributed by atoms with Gasteiger partial charge in [0.15, 0.2) is 0 Å². The minimum absolute atomic E-state index is 0.00472. The van der Waals surface area contributed by atoms with Crippen molar-refractivity contribution in [2.45, 2.75) is 25.4 Å². The molecule has 0 unspecified atom stereocenters. The van der Waals surface area contributed by atoms with Crippen molar-refractivity contribution in [3.05, 3.63) is 70.8 Å². The quantitative estimate of drug-likeness (QED) is 0.808. The van der Waals surface area contributed by atoms with E-state index in [0.29, 0.717) is 0 Å². The maximum Gasteiger partial charge on any atom is 0.0700 e. The average Bonchev–Trinajstić information content (AvgIpc) is 2.54. The molecular weight excluding hydrogens is 232 g/mol. The molecule has 0 bridgehead atoms. The molecule has 1 aliphatic carbocycles. The van der Waals surface area contributed by atoms with Gasteiger partial charge in [-0.2, -0.15) is 0 Å². The van der Waals surface area contributed by atoms with Crippen LogP contribution in [0.4, 0.5) is 0 Å². The Bertz CT molecular complexity index is 583. The Morgan fingerprint density at radius 3 is 1.63 bits per heavy atom. The molecule has 0 aliphatic heterocycles. The van der Waals surface area contributed by atoms with E-state index >= 15 is 0 Å². The molecule has 0 heterocycles. The van der Waals surface area contributed by atoms with Gasteiger partial charge in [0.05, 0.1) is 5.60 Å². The molecule has 0 spiro atoms. The summed E-state index contributed by atoms with van der Waals surface area (Å²) in [5.41, 5.74) is 3.96. The standard InChI is InChI=1S/C18H18O/c1-18(2,19)17-15-9-5-3-7-13(15)11-12-14-8-4-6-10-16(14)17/h3-12,17,19H,1-2H3. The highest BCUT2D eigenvalue weighted by Crippen LogP contribution is 2.40. The van der Waals surface area contributed by atoms with Gasteiger partial charge in [-0.25, -0.2) is 0 Å². The summed E-state index contributed by atoms with van der Waals surface area (Å²) in [6.07, 6.45) is 4.28. The molecule has 1 heteroatoms. The van der Waals surface area contributed by atoms with Gasteiger partial charge in [0, 0.05) is 5.92 Å². The van der Waals surface area contributed by atoms with Crippen LogP contribution in [0.2, 0.25) is 0 Å². The van der Waals surface area contributed by atoms with Crippen molar-refractivity contribution in [1.82, 2.24) is 0 Å². The number of fused-ring (bicyclic) bond motifs is 2. The van der Waals surface area contributed by atoms with Gasteiger partial charge in [-0.05, 0) is 36.1 Å². The van der Waals surface area contributed by atoms with Crippen LogP contribution in [0.15, 0.2) is 48.5 Å². The fourth-order valence-corrected chi connectivity index (χ4v) is 2.96. The van der Waals surface area contributed by atoms with Crippen LogP contribution in [-0.4, -0.2) is 10.7 Å². The van der Waals surface area contributed by atoms with Gasteiger partial charge in [0.2, 0.25) is 0 Å². The number of benzene rings is 2. The summed E-state index contributed by atoms with van der Waals surface area (Å²) >= 11 is 0. The Kier molecular flexibility index (Phi) is 2.79. The van der Waals surface area contributed by atoms with Crippen molar-refractivity contribution in [3.8, 4) is 0 Å². The second kappa shape index (κ2) is 4.36. The van der Waals surface area contributed by atoms with Crippen molar-refractivity contribution < 1.29 is 5.11 Å². The van der Waals surface area contributed by atoms with Crippen LogP contribution in [0.1, 0.15) is 42.0 Å². The molecule has 0 atom stereocenters. The van der Waals surface area contributed by atoms with Crippen LogP contribution in [0.5, 0.6) is 0 Å². The molecule has 0 saturated heterocycles. The van der Waals surface area contributed by atoms with E-state index in [-0.39, 0.29) is 5.92 Å². The first-order chi connectivity index (χ1) is 9.07. The molecule has 96 valence electrons. The number of hydrogen-bond acceptors (Lipinski definition) is 1. The number of aliphatic hydroxyl groups is 1. The van der Waals surface area contributed by atoms with Gasteiger partial charge in [-0.15, -0.1) is 0 Å². The Morgan fingerprint density at radius 1 is 0.789 bits per heavy atom. The molecule has 0 amide bonds. The highest BCUT2D eigenvalue weighted by atomic mass is 16.3. The Labute approximate surface area is 114 Å². The summed E-state index contributed by atoms with van der Waals surface area (Å²) in [6, 6.07) is 16.6. The minimum atomic E-state index is -0.793. The van der Waals surface area contributed by atoms with Gasteiger partial charge in [0.1, 0.15) is 0 Å². The van der Waals surface area contributed by atoms with Crippen LogP contribution >= 0.6 is 0 Å². The average molecular weight is 250 g/mol. The Morgan fingerprint density at radius 2 is 1.21 bits per heavy atom. The summed E-state index contributed by atoms with van der Waals surface area (Å²) in [7, 11) is 0. The number of hydrogen-bond donors (Lipinski definition) is 1. The maximum atomic E-state index is 10.6. The normalized spacial score (nSPS) is 14.7. The smallest absolute Gasteiger partial charge is 0.0700 e. The topological polar surface area (TPSA) is 20.2 Å². The summed E-state index contributed by atoms with van der Waals surface area (Å²) in [4.78, 5) is 0. The SMILES string of the molecule is CC(C)(O)C1c2ccccc2C=Cc2ccccc21. The lowest BCUT2D eigenvalue weighted by Crippen LogP contribution is -2.30. The second-order valence-corrected chi connectivity index (χ2v) is 5.68. The van der Waals surface area contributed by atoms with Crippen molar-refractivity contribution in [3.63, 3.8) is 0 Å². The highest BCUT2D eigenvalue weighted by Gasteiger charge is 2.33. The minimum Gasteiger partial charge on any atom is -0.389 e. The Hall–Kier alpha value is -1.86. The first-order valence-corrected chi connectivity index (χ1v) is 6.66. The van der Waals surface area contributed by atoms with Crippen LogP contribution < -0.4 is 0 Å². The van der Waals surface area contributed by atoms with Gasteiger partial charge in [-0.3, -0.25) is 0 Å². The third kappa shape index (κ3) is 2.11. The second-order valence-electron chi connectivity index (χ2n) is 5.68. The molecule has 0 aromatic heterocycles. The lowest BCUT2D eigenvalue weighted by Gasteiger charge is -2.31. The zero-order chi connectivity index (χ0) is 13.5. The van der Waals surface area contributed by atoms with E-state index < -0.39 is 5.60 Å². The lowest BCUT2D eigenvalue weighted by molar-refractivity contribution is 0.0627. The van der Waals surface area contributed by atoms with E-state index in [1.54, 1.807) is 0 Å². The predicted octanol–water partition coefficient (Wildman–Crippen LogP) is 4.07. The van der Waals surface area contributed by atoms with Crippen LogP contribution in [0, 0.1) is 0 Å². The zero-order valence-electron chi connectivity index (χ0n) is 11.3. The summed E-state index contributed by atoms with van der Waals surface area (Å²) in [5, 5.41) is 10.6. The summed E-state index contributed by atoms with van der Waals surface area (Å²) in [6.45, 7) is 3.77. The molecule has 0 radical (unpaired) electrons. The maximum absolute atomic E-state index is 10.6. The molecule has 1 N–H and O–H groups in total. The van der Waals surface area contributed by atoms with Crippen LogP contribution in [0.3, 0.4) is 0 Å². The molecule has 2 aromatic rings. The van der Waals surface area contributed by atoms with Gasteiger partial charge < -0.3 is 5.11 Å². The first kappa shape index (κ1) is 12.2. The van der Waals surface area contributed by atoms with E-state index in [2.05, 4.69) is 36.4 Å². The zero-order valence-corrected chi connectivity index (χ0v) is 11.3. The molecule has 0 saturated carbocycles. The summed E-state index contributed by atoms with van der Waals surface area (Å²) in [5.74, 6) is -0.00472. The van der Waals surface area contributed by atoms with Gasteiger partial charge >= 0.3 is 0 Å². The molecule has 0 fully saturated rings. The summed E-state index contributed by atoms with van der Waals surface area (Å²) < 4.78 is 0. The van der Waals surface area contributed by atoms with Gasteiger partial charge in [-0.1, -0.05) is 60.7 Å². The van der Waals surface area contributed by atoms with Crippen molar-refractivity contribution in [2.75, 3.05) is 0 Å². The van der Waals surface area contributed by atoms with E-state index in [4.69, 9.17) is 0 Å². The van der Waals surface area contributed by atoms with Gasteiger partial charge in [0.25, 0.3) is 0 Å². The lowest BCUT2D eigenvalue weighted by atomic mass is 9.77. The van der Waals surface area contributed by atoms with Crippen LogP contribution in [-0.2, 0) is 0 Å². The fraction of sp³-hybridized carbons (Fsp3) is 0.222.